The SMILES string of the molecule is COc1cccc(Cl)c1C(F)(F)CC(=O)O. The van der Waals surface area contributed by atoms with Crippen molar-refractivity contribution in [2.75, 3.05) is 7.11 Å². The number of rotatable bonds is 4. The molecule has 0 aliphatic rings. The molecule has 0 aromatic heterocycles. The highest BCUT2D eigenvalue weighted by molar-refractivity contribution is 6.31. The molecule has 1 rings (SSSR count). The third-order valence-electron chi connectivity index (χ3n) is 1.93. The minimum absolute atomic E-state index is 0.126. The zero-order valence-corrected chi connectivity index (χ0v) is 9.09. The summed E-state index contributed by atoms with van der Waals surface area (Å²) in [5.74, 6) is -5.29. The van der Waals surface area contributed by atoms with E-state index in [9.17, 15) is 13.6 Å². The van der Waals surface area contributed by atoms with Crippen LogP contribution in [0.2, 0.25) is 5.02 Å². The second-order valence-electron chi connectivity index (χ2n) is 3.09. The topological polar surface area (TPSA) is 46.5 Å². The van der Waals surface area contributed by atoms with Gasteiger partial charge in [0.15, 0.2) is 0 Å². The van der Waals surface area contributed by atoms with E-state index in [4.69, 9.17) is 21.4 Å². The molecule has 16 heavy (non-hydrogen) atoms. The monoisotopic (exact) mass is 250 g/mol. The average molecular weight is 251 g/mol. The van der Waals surface area contributed by atoms with Gasteiger partial charge in [-0.3, -0.25) is 4.79 Å². The number of aliphatic carboxylic acids is 1. The first-order valence-corrected chi connectivity index (χ1v) is 4.69. The lowest BCUT2D eigenvalue weighted by Crippen LogP contribution is -2.20. The molecule has 0 aliphatic carbocycles. The van der Waals surface area contributed by atoms with Crippen molar-refractivity contribution in [3.8, 4) is 5.75 Å². The van der Waals surface area contributed by atoms with E-state index in [1.807, 2.05) is 0 Å². The Balaban J connectivity index is 3.24. The molecule has 0 bridgehead atoms. The molecule has 0 radical (unpaired) electrons. The molecule has 1 aromatic carbocycles. The molecule has 0 unspecified atom stereocenters. The van der Waals surface area contributed by atoms with Crippen LogP contribution in [0.1, 0.15) is 12.0 Å². The fraction of sp³-hybridized carbons (Fsp3) is 0.300. The first-order chi connectivity index (χ1) is 7.38. The standard InChI is InChI=1S/C10H9ClF2O3/c1-16-7-4-2-3-6(11)9(7)10(12,13)5-8(14)15/h2-4H,5H2,1H3,(H,14,15). The summed E-state index contributed by atoms with van der Waals surface area (Å²) in [6.45, 7) is 0. The highest BCUT2D eigenvalue weighted by Crippen LogP contribution is 2.41. The summed E-state index contributed by atoms with van der Waals surface area (Å²) >= 11 is 5.62. The Morgan fingerprint density at radius 3 is 2.69 bits per heavy atom. The van der Waals surface area contributed by atoms with Crippen LogP contribution in [0, 0.1) is 0 Å². The summed E-state index contributed by atoms with van der Waals surface area (Å²) in [6, 6.07) is 4.01. The molecule has 88 valence electrons. The molecule has 1 N–H and O–H groups in total. The largest absolute Gasteiger partial charge is 0.496 e. The Morgan fingerprint density at radius 2 is 2.19 bits per heavy atom. The van der Waals surface area contributed by atoms with E-state index in [2.05, 4.69) is 0 Å². The molecule has 3 nitrogen and oxygen atoms in total. The van der Waals surface area contributed by atoms with Crippen LogP contribution in [-0.2, 0) is 10.7 Å². The second kappa shape index (κ2) is 4.65. The Bertz CT molecular complexity index is 407. The van der Waals surface area contributed by atoms with Crippen molar-refractivity contribution >= 4 is 17.6 Å². The maximum absolute atomic E-state index is 13.6. The Hall–Kier alpha value is -1.36. The third-order valence-corrected chi connectivity index (χ3v) is 2.25. The lowest BCUT2D eigenvalue weighted by Gasteiger charge is -2.18. The third kappa shape index (κ3) is 2.61. The predicted octanol–water partition coefficient (Wildman–Crippen LogP) is 2.92. The molecule has 1 aromatic rings. The van der Waals surface area contributed by atoms with Gasteiger partial charge in [0.25, 0.3) is 5.92 Å². The summed E-state index contributed by atoms with van der Waals surface area (Å²) in [4.78, 5) is 10.3. The normalized spacial score (nSPS) is 11.2. The molecule has 0 amide bonds. The number of carbonyl (C=O) groups is 1. The van der Waals surface area contributed by atoms with Crippen LogP contribution in [0.3, 0.4) is 0 Å². The summed E-state index contributed by atoms with van der Waals surface area (Å²) in [7, 11) is 1.21. The van der Waals surface area contributed by atoms with Crippen molar-refractivity contribution < 1.29 is 23.4 Å². The highest BCUT2D eigenvalue weighted by atomic mass is 35.5. The average Bonchev–Trinajstić information content (AvgIpc) is 2.14. The van der Waals surface area contributed by atoms with Crippen molar-refractivity contribution in [1.29, 1.82) is 0 Å². The van der Waals surface area contributed by atoms with Crippen LogP contribution >= 0.6 is 11.6 Å². The number of carboxylic acid groups (broad SMARTS) is 1. The van der Waals surface area contributed by atoms with E-state index in [1.165, 1.54) is 25.3 Å². The molecule has 0 spiro atoms. The maximum Gasteiger partial charge on any atom is 0.309 e. The molecule has 6 heteroatoms. The van der Waals surface area contributed by atoms with Crippen LogP contribution < -0.4 is 4.74 Å². The number of ether oxygens (including phenoxy) is 1. The van der Waals surface area contributed by atoms with E-state index in [1.54, 1.807) is 0 Å². The van der Waals surface area contributed by atoms with Crippen LogP contribution in [0.4, 0.5) is 8.78 Å². The van der Waals surface area contributed by atoms with Gasteiger partial charge in [-0.2, -0.15) is 0 Å². The van der Waals surface area contributed by atoms with Gasteiger partial charge in [-0.25, -0.2) is 8.78 Å². The molecular formula is C10H9ClF2O3. The summed E-state index contributed by atoms with van der Waals surface area (Å²) < 4.78 is 31.9. The maximum atomic E-state index is 13.6. The van der Waals surface area contributed by atoms with Crippen molar-refractivity contribution in [1.82, 2.24) is 0 Å². The van der Waals surface area contributed by atoms with Crippen molar-refractivity contribution in [3.63, 3.8) is 0 Å². The number of hydrogen-bond donors (Lipinski definition) is 1. The minimum atomic E-state index is -3.56. The van der Waals surface area contributed by atoms with Crippen LogP contribution in [0.15, 0.2) is 18.2 Å². The molecule has 0 saturated heterocycles. The van der Waals surface area contributed by atoms with Crippen LogP contribution in [0.5, 0.6) is 5.75 Å². The fourth-order valence-electron chi connectivity index (χ4n) is 1.31. The zero-order chi connectivity index (χ0) is 12.3. The fourth-order valence-corrected chi connectivity index (χ4v) is 1.61. The first-order valence-electron chi connectivity index (χ1n) is 4.31. The number of halogens is 3. The van der Waals surface area contributed by atoms with Gasteiger partial charge in [0.05, 0.1) is 17.7 Å². The van der Waals surface area contributed by atoms with E-state index >= 15 is 0 Å². The van der Waals surface area contributed by atoms with Gasteiger partial charge in [-0.15, -0.1) is 0 Å². The Labute approximate surface area is 95.6 Å². The van der Waals surface area contributed by atoms with Gasteiger partial charge in [-0.05, 0) is 12.1 Å². The molecule has 0 saturated carbocycles. The lowest BCUT2D eigenvalue weighted by atomic mass is 10.0. The van der Waals surface area contributed by atoms with E-state index in [-0.39, 0.29) is 10.8 Å². The number of hydrogen-bond acceptors (Lipinski definition) is 2. The zero-order valence-electron chi connectivity index (χ0n) is 8.34. The van der Waals surface area contributed by atoms with Crippen molar-refractivity contribution in [2.45, 2.75) is 12.3 Å². The quantitative estimate of drug-likeness (QED) is 0.894. The van der Waals surface area contributed by atoms with E-state index in [0.717, 1.165) is 0 Å². The minimum Gasteiger partial charge on any atom is -0.496 e. The highest BCUT2D eigenvalue weighted by Gasteiger charge is 2.39. The van der Waals surface area contributed by atoms with Crippen LogP contribution in [0.25, 0.3) is 0 Å². The number of benzene rings is 1. The number of methoxy groups -OCH3 is 1. The summed E-state index contributed by atoms with van der Waals surface area (Å²) in [5, 5.41) is 8.18. The number of alkyl halides is 2. The molecule has 0 aliphatic heterocycles. The van der Waals surface area contributed by atoms with Gasteiger partial charge < -0.3 is 9.84 Å². The number of carboxylic acids is 1. The molecule has 0 fully saturated rings. The summed E-state index contributed by atoms with van der Waals surface area (Å²) in [6.07, 6.45) is -1.33. The van der Waals surface area contributed by atoms with Crippen molar-refractivity contribution in [2.24, 2.45) is 0 Å². The summed E-state index contributed by atoms with van der Waals surface area (Å²) in [5.41, 5.74) is -0.596. The Kier molecular flexibility index (Phi) is 3.70. The van der Waals surface area contributed by atoms with Gasteiger partial charge in [0.2, 0.25) is 0 Å². The van der Waals surface area contributed by atoms with Crippen molar-refractivity contribution in [3.05, 3.63) is 28.8 Å². The van der Waals surface area contributed by atoms with Gasteiger partial charge in [0, 0.05) is 0 Å². The predicted molar refractivity (Wildman–Crippen MR) is 54.2 cm³/mol. The van der Waals surface area contributed by atoms with E-state index in [0.29, 0.717) is 0 Å². The molecule has 0 heterocycles. The van der Waals surface area contributed by atoms with Gasteiger partial charge in [0.1, 0.15) is 12.2 Å². The van der Waals surface area contributed by atoms with Gasteiger partial charge >= 0.3 is 5.97 Å². The lowest BCUT2D eigenvalue weighted by molar-refractivity contribution is -0.145. The first kappa shape index (κ1) is 12.7. The Morgan fingerprint density at radius 1 is 1.56 bits per heavy atom. The second-order valence-corrected chi connectivity index (χ2v) is 3.50. The van der Waals surface area contributed by atoms with E-state index < -0.39 is 23.9 Å². The molecule has 0 atom stereocenters. The van der Waals surface area contributed by atoms with Gasteiger partial charge in [-0.1, -0.05) is 17.7 Å². The van der Waals surface area contributed by atoms with Crippen LogP contribution in [-0.4, -0.2) is 18.2 Å². The smallest absolute Gasteiger partial charge is 0.309 e. The molecular weight excluding hydrogens is 242 g/mol.